The summed E-state index contributed by atoms with van der Waals surface area (Å²) in [5.41, 5.74) is 0.723. The van der Waals surface area contributed by atoms with Crippen molar-refractivity contribution in [3.8, 4) is 0 Å². The molecule has 1 saturated carbocycles. The first-order chi connectivity index (χ1) is 8.75. The van der Waals surface area contributed by atoms with E-state index in [-0.39, 0.29) is 5.91 Å². The zero-order valence-electron chi connectivity index (χ0n) is 10.3. The zero-order valence-corrected chi connectivity index (χ0v) is 12.5. The van der Waals surface area contributed by atoms with Crippen molar-refractivity contribution < 1.29 is 9.53 Å². The second kappa shape index (κ2) is 7.09. The van der Waals surface area contributed by atoms with Crippen LogP contribution in [0.5, 0.6) is 0 Å². The number of halogens is 1. The van der Waals surface area contributed by atoms with Gasteiger partial charge in [-0.3, -0.25) is 4.79 Å². The van der Waals surface area contributed by atoms with Crippen molar-refractivity contribution in [3.63, 3.8) is 0 Å². The maximum atomic E-state index is 11.8. The summed E-state index contributed by atoms with van der Waals surface area (Å²) in [6.45, 7) is 2.31. The van der Waals surface area contributed by atoms with Crippen LogP contribution in [0.25, 0.3) is 0 Å². The average Bonchev–Trinajstić information content (AvgIpc) is 3.17. The van der Waals surface area contributed by atoms with Crippen LogP contribution in [0, 0.1) is 9.49 Å². The Hall–Kier alpha value is -0.620. The van der Waals surface area contributed by atoms with E-state index >= 15 is 0 Å². The van der Waals surface area contributed by atoms with Crippen LogP contribution in [-0.2, 0) is 4.74 Å². The molecule has 18 heavy (non-hydrogen) atoms. The number of amides is 1. The number of hydrogen-bond acceptors (Lipinski definition) is 2. The van der Waals surface area contributed by atoms with Crippen molar-refractivity contribution in [1.29, 1.82) is 0 Å². The van der Waals surface area contributed by atoms with Gasteiger partial charge in [-0.15, -0.1) is 0 Å². The van der Waals surface area contributed by atoms with Gasteiger partial charge in [0.1, 0.15) is 0 Å². The molecule has 98 valence electrons. The highest BCUT2D eigenvalue weighted by Gasteiger charge is 2.20. The molecule has 0 atom stereocenters. The van der Waals surface area contributed by atoms with Gasteiger partial charge in [0, 0.05) is 28.9 Å². The molecular weight excluding hydrogens is 341 g/mol. The van der Waals surface area contributed by atoms with Gasteiger partial charge in [-0.2, -0.15) is 0 Å². The monoisotopic (exact) mass is 359 g/mol. The number of nitrogens with one attached hydrogen (secondary N) is 1. The molecule has 1 aliphatic carbocycles. The molecule has 1 N–H and O–H groups in total. The molecule has 0 heterocycles. The molecular formula is C14H18INO2. The molecule has 0 spiro atoms. The van der Waals surface area contributed by atoms with Crippen LogP contribution < -0.4 is 5.32 Å². The Bertz CT molecular complexity index is 405. The summed E-state index contributed by atoms with van der Waals surface area (Å²) in [5.74, 6) is 0.807. The highest BCUT2D eigenvalue weighted by atomic mass is 127. The molecule has 0 unspecified atom stereocenters. The molecule has 0 aliphatic heterocycles. The maximum absolute atomic E-state index is 11.8. The van der Waals surface area contributed by atoms with Gasteiger partial charge in [-0.05, 0) is 66.0 Å². The van der Waals surface area contributed by atoms with Crippen LogP contribution in [0.15, 0.2) is 24.3 Å². The number of hydrogen-bond donors (Lipinski definition) is 1. The van der Waals surface area contributed by atoms with E-state index in [9.17, 15) is 4.79 Å². The first kappa shape index (κ1) is 13.8. The number of ether oxygens (including phenoxy) is 1. The highest BCUT2D eigenvalue weighted by Crippen LogP contribution is 2.28. The third-order valence-electron chi connectivity index (χ3n) is 2.89. The molecule has 4 heteroatoms. The highest BCUT2D eigenvalue weighted by molar-refractivity contribution is 14.1. The first-order valence-electron chi connectivity index (χ1n) is 6.37. The zero-order chi connectivity index (χ0) is 12.8. The van der Waals surface area contributed by atoms with Crippen molar-refractivity contribution >= 4 is 28.5 Å². The summed E-state index contributed by atoms with van der Waals surface area (Å²) in [7, 11) is 0. The van der Waals surface area contributed by atoms with Gasteiger partial charge in [0.25, 0.3) is 5.91 Å². The maximum Gasteiger partial charge on any atom is 0.251 e. The summed E-state index contributed by atoms with van der Waals surface area (Å²) >= 11 is 2.21. The lowest BCUT2D eigenvalue weighted by Gasteiger charge is -2.06. The smallest absolute Gasteiger partial charge is 0.251 e. The molecule has 2 rings (SSSR count). The lowest BCUT2D eigenvalue weighted by Crippen LogP contribution is -2.25. The Labute approximate surface area is 121 Å². The molecule has 0 radical (unpaired) electrons. The summed E-state index contributed by atoms with van der Waals surface area (Å²) in [5, 5.41) is 2.91. The molecule has 1 aliphatic rings. The van der Waals surface area contributed by atoms with Crippen LogP contribution >= 0.6 is 22.6 Å². The minimum atomic E-state index is -0.00397. The van der Waals surface area contributed by atoms with Gasteiger partial charge in [-0.25, -0.2) is 0 Å². The molecule has 0 aromatic heterocycles. The van der Waals surface area contributed by atoms with E-state index in [1.165, 1.54) is 12.8 Å². The molecule has 1 aromatic rings. The van der Waals surface area contributed by atoms with E-state index in [1.807, 2.05) is 24.3 Å². The molecule has 1 aromatic carbocycles. The second-order valence-electron chi connectivity index (χ2n) is 4.64. The summed E-state index contributed by atoms with van der Waals surface area (Å²) in [6, 6.07) is 7.60. The number of carbonyl (C=O) groups excluding carboxylic acids is 1. The van der Waals surface area contributed by atoms with Crippen molar-refractivity contribution in [3.05, 3.63) is 33.4 Å². The minimum Gasteiger partial charge on any atom is -0.381 e. The summed E-state index contributed by atoms with van der Waals surface area (Å²) in [4.78, 5) is 11.8. The Morgan fingerprint density at radius 3 is 3.00 bits per heavy atom. The molecule has 0 saturated heterocycles. The summed E-state index contributed by atoms with van der Waals surface area (Å²) < 4.78 is 6.59. The van der Waals surface area contributed by atoms with E-state index in [1.54, 1.807) is 0 Å². The van der Waals surface area contributed by atoms with Gasteiger partial charge < -0.3 is 10.1 Å². The third kappa shape index (κ3) is 4.94. The lowest BCUT2D eigenvalue weighted by molar-refractivity contribution is 0.0937. The van der Waals surface area contributed by atoms with Gasteiger partial charge >= 0.3 is 0 Å². The van der Waals surface area contributed by atoms with Crippen LogP contribution in [0.4, 0.5) is 0 Å². The Morgan fingerprint density at radius 2 is 2.28 bits per heavy atom. The van der Waals surface area contributed by atoms with E-state index in [0.717, 1.165) is 34.7 Å². The molecule has 1 fully saturated rings. The van der Waals surface area contributed by atoms with Crippen molar-refractivity contribution in [2.75, 3.05) is 19.8 Å². The Kier molecular flexibility index (Phi) is 5.44. The SMILES string of the molecule is O=C(NCCCOCC1CC1)c1cccc(I)c1. The molecule has 1 amide bonds. The van der Waals surface area contributed by atoms with Crippen LogP contribution in [0.2, 0.25) is 0 Å². The van der Waals surface area contributed by atoms with E-state index in [4.69, 9.17) is 4.74 Å². The fraction of sp³-hybridized carbons (Fsp3) is 0.500. The topological polar surface area (TPSA) is 38.3 Å². The van der Waals surface area contributed by atoms with Crippen LogP contribution in [0.1, 0.15) is 29.6 Å². The Morgan fingerprint density at radius 1 is 1.44 bits per heavy atom. The lowest BCUT2D eigenvalue weighted by atomic mass is 10.2. The van der Waals surface area contributed by atoms with Crippen LogP contribution in [-0.4, -0.2) is 25.7 Å². The third-order valence-corrected chi connectivity index (χ3v) is 3.56. The van der Waals surface area contributed by atoms with Gasteiger partial charge in [0.15, 0.2) is 0 Å². The number of carbonyl (C=O) groups is 1. The largest absolute Gasteiger partial charge is 0.381 e. The standard InChI is InChI=1S/C14H18INO2/c15-13-4-1-3-12(9-13)14(17)16-7-2-8-18-10-11-5-6-11/h1,3-4,9,11H,2,5-8,10H2,(H,16,17). The average molecular weight is 359 g/mol. The summed E-state index contributed by atoms with van der Waals surface area (Å²) in [6.07, 6.45) is 3.52. The van der Waals surface area contributed by atoms with E-state index in [0.29, 0.717) is 6.54 Å². The number of rotatable bonds is 7. The fourth-order valence-electron chi connectivity index (χ4n) is 1.64. The molecule has 3 nitrogen and oxygen atoms in total. The van der Waals surface area contributed by atoms with Gasteiger partial charge in [0.05, 0.1) is 0 Å². The minimum absolute atomic E-state index is 0.00397. The second-order valence-corrected chi connectivity index (χ2v) is 5.88. The predicted molar refractivity (Wildman–Crippen MR) is 79.7 cm³/mol. The van der Waals surface area contributed by atoms with Gasteiger partial charge in [-0.1, -0.05) is 6.07 Å². The van der Waals surface area contributed by atoms with Crippen molar-refractivity contribution in [2.24, 2.45) is 5.92 Å². The number of benzene rings is 1. The van der Waals surface area contributed by atoms with Gasteiger partial charge in [0.2, 0.25) is 0 Å². The normalized spacial score (nSPS) is 14.5. The first-order valence-corrected chi connectivity index (χ1v) is 7.45. The fourth-order valence-corrected chi connectivity index (χ4v) is 2.19. The Balaban J connectivity index is 1.59. The molecule has 0 bridgehead atoms. The van der Waals surface area contributed by atoms with E-state index < -0.39 is 0 Å². The quantitative estimate of drug-likeness (QED) is 0.601. The predicted octanol–water partition coefficient (Wildman–Crippen LogP) is 2.84. The van der Waals surface area contributed by atoms with Crippen molar-refractivity contribution in [1.82, 2.24) is 5.32 Å². The van der Waals surface area contributed by atoms with Crippen molar-refractivity contribution in [2.45, 2.75) is 19.3 Å². The van der Waals surface area contributed by atoms with Crippen LogP contribution in [0.3, 0.4) is 0 Å². The van der Waals surface area contributed by atoms with E-state index in [2.05, 4.69) is 27.9 Å².